The molecule has 0 aliphatic carbocycles. The maximum atomic E-state index is 12.9. The Kier molecular flexibility index (Phi) is 5.38. The van der Waals surface area contributed by atoms with Gasteiger partial charge in [-0.25, -0.2) is 4.39 Å². The van der Waals surface area contributed by atoms with E-state index >= 15 is 0 Å². The molecular weight excluding hydrogens is 273 g/mol. The van der Waals surface area contributed by atoms with Crippen LogP contribution < -0.4 is 5.73 Å². The molecule has 4 heteroatoms. The van der Waals surface area contributed by atoms with E-state index in [1.807, 2.05) is 13.8 Å². The van der Waals surface area contributed by atoms with Crippen LogP contribution in [0.15, 0.2) is 22.7 Å². The molecule has 1 rings (SSSR count). The zero-order valence-electron chi connectivity index (χ0n) is 9.54. The van der Waals surface area contributed by atoms with Crippen molar-refractivity contribution in [3.05, 3.63) is 34.1 Å². The van der Waals surface area contributed by atoms with Gasteiger partial charge in [0.25, 0.3) is 0 Å². The van der Waals surface area contributed by atoms with Crippen molar-refractivity contribution in [3.8, 4) is 0 Å². The Morgan fingerprint density at radius 3 is 2.75 bits per heavy atom. The van der Waals surface area contributed by atoms with Crippen molar-refractivity contribution in [2.45, 2.75) is 32.4 Å². The van der Waals surface area contributed by atoms with Crippen LogP contribution in [-0.2, 0) is 11.2 Å². The summed E-state index contributed by atoms with van der Waals surface area (Å²) in [6.07, 6.45) is 0.670. The molecule has 0 aliphatic rings. The summed E-state index contributed by atoms with van der Waals surface area (Å²) in [7, 11) is 0. The average Bonchev–Trinajstić information content (AvgIpc) is 2.22. The van der Waals surface area contributed by atoms with Crippen molar-refractivity contribution in [1.29, 1.82) is 0 Å². The molecule has 0 spiro atoms. The Morgan fingerprint density at radius 2 is 2.19 bits per heavy atom. The molecule has 2 nitrogen and oxygen atoms in total. The van der Waals surface area contributed by atoms with E-state index in [0.29, 0.717) is 13.0 Å². The highest BCUT2D eigenvalue weighted by atomic mass is 79.9. The van der Waals surface area contributed by atoms with Crippen LogP contribution in [0, 0.1) is 5.82 Å². The minimum absolute atomic E-state index is 0.00181. The second-order valence-corrected chi connectivity index (χ2v) is 4.62. The van der Waals surface area contributed by atoms with E-state index in [1.54, 1.807) is 6.07 Å². The van der Waals surface area contributed by atoms with Crippen molar-refractivity contribution in [3.63, 3.8) is 0 Å². The molecular formula is C12H17BrFNO. The Balaban J connectivity index is 2.65. The fourth-order valence-electron chi connectivity index (χ4n) is 1.49. The number of halogens is 2. The molecule has 2 unspecified atom stereocenters. The predicted molar refractivity (Wildman–Crippen MR) is 66.9 cm³/mol. The lowest BCUT2D eigenvalue weighted by atomic mass is 10.0. The Morgan fingerprint density at radius 1 is 1.50 bits per heavy atom. The number of nitrogens with two attached hydrogens (primary N) is 1. The normalized spacial score (nSPS) is 14.8. The van der Waals surface area contributed by atoms with Gasteiger partial charge >= 0.3 is 0 Å². The maximum Gasteiger partial charge on any atom is 0.124 e. The number of hydrogen-bond acceptors (Lipinski definition) is 2. The van der Waals surface area contributed by atoms with Crippen molar-refractivity contribution < 1.29 is 9.13 Å². The summed E-state index contributed by atoms with van der Waals surface area (Å²) < 4.78 is 19.1. The smallest absolute Gasteiger partial charge is 0.124 e. The predicted octanol–water partition coefficient (Wildman–Crippen LogP) is 2.88. The van der Waals surface area contributed by atoms with E-state index in [4.69, 9.17) is 10.5 Å². The van der Waals surface area contributed by atoms with Crippen LogP contribution in [-0.4, -0.2) is 18.8 Å². The highest BCUT2D eigenvalue weighted by Gasteiger charge is 2.14. The van der Waals surface area contributed by atoms with E-state index < -0.39 is 0 Å². The first kappa shape index (κ1) is 13.6. The number of benzene rings is 1. The van der Waals surface area contributed by atoms with Crippen LogP contribution in [0.4, 0.5) is 4.39 Å². The molecule has 0 aliphatic heterocycles. The Bertz CT molecular complexity index is 346. The van der Waals surface area contributed by atoms with Gasteiger partial charge in [0.1, 0.15) is 5.82 Å². The highest BCUT2D eigenvalue weighted by molar-refractivity contribution is 9.10. The van der Waals surface area contributed by atoms with Gasteiger partial charge in [-0.2, -0.15) is 0 Å². The third-order valence-electron chi connectivity index (χ3n) is 2.50. The SMILES string of the molecule is CCOC(C)C(N)Cc1ccc(F)cc1Br. The number of ether oxygens (including phenoxy) is 1. The molecule has 0 bridgehead atoms. The third kappa shape index (κ3) is 3.85. The van der Waals surface area contributed by atoms with Crippen molar-refractivity contribution in [2.75, 3.05) is 6.61 Å². The first-order valence-electron chi connectivity index (χ1n) is 5.35. The summed E-state index contributed by atoms with van der Waals surface area (Å²) in [5.74, 6) is -0.248. The third-order valence-corrected chi connectivity index (χ3v) is 3.24. The van der Waals surface area contributed by atoms with Crippen LogP contribution in [0.5, 0.6) is 0 Å². The lowest BCUT2D eigenvalue weighted by Gasteiger charge is -2.20. The van der Waals surface area contributed by atoms with E-state index in [-0.39, 0.29) is 18.0 Å². The van der Waals surface area contributed by atoms with Gasteiger partial charge in [0, 0.05) is 17.1 Å². The minimum Gasteiger partial charge on any atom is -0.377 e. The van der Waals surface area contributed by atoms with Crippen molar-refractivity contribution in [1.82, 2.24) is 0 Å². The van der Waals surface area contributed by atoms with Crippen LogP contribution in [0.25, 0.3) is 0 Å². The first-order chi connectivity index (χ1) is 7.54. The van der Waals surface area contributed by atoms with Gasteiger partial charge in [-0.05, 0) is 38.0 Å². The second-order valence-electron chi connectivity index (χ2n) is 3.76. The molecule has 0 fully saturated rings. The summed E-state index contributed by atoms with van der Waals surface area (Å²) in [6.45, 7) is 4.54. The second kappa shape index (κ2) is 6.33. The molecule has 0 saturated carbocycles. The largest absolute Gasteiger partial charge is 0.377 e. The highest BCUT2D eigenvalue weighted by Crippen LogP contribution is 2.20. The molecule has 1 aromatic carbocycles. The van der Waals surface area contributed by atoms with Crippen LogP contribution in [0.3, 0.4) is 0 Å². The minimum atomic E-state index is -0.248. The summed E-state index contributed by atoms with van der Waals surface area (Å²) in [5, 5.41) is 0. The summed E-state index contributed by atoms with van der Waals surface area (Å²) in [6, 6.07) is 4.56. The molecule has 0 aromatic heterocycles. The molecule has 1 aromatic rings. The summed E-state index contributed by atoms with van der Waals surface area (Å²) in [5.41, 5.74) is 7.00. The maximum absolute atomic E-state index is 12.9. The average molecular weight is 290 g/mol. The van der Waals surface area contributed by atoms with Gasteiger partial charge in [0.05, 0.1) is 6.10 Å². The molecule has 90 valence electrons. The zero-order valence-corrected chi connectivity index (χ0v) is 11.1. The van der Waals surface area contributed by atoms with E-state index in [0.717, 1.165) is 10.0 Å². The van der Waals surface area contributed by atoms with Crippen molar-refractivity contribution in [2.24, 2.45) is 5.73 Å². The van der Waals surface area contributed by atoms with E-state index in [9.17, 15) is 4.39 Å². The summed E-state index contributed by atoms with van der Waals surface area (Å²) in [4.78, 5) is 0. The fourth-order valence-corrected chi connectivity index (χ4v) is 2.01. The Hall–Kier alpha value is -0.450. The van der Waals surface area contributed by atoms with Gasteiger partial charge < -0.3 is 10.5 Å². The van der Waals surface area contributed by atoms with Crippen LogP contribution in [0.1, 0.15) is 19.4 Å². The van der Waals surface area contributed by atoms with Crippen LogP contribution in [0.2, 0.25) is 0 Å². The zero-order chi connectivity index (χ0) is 12.1. The lowest BCUT2D eigenvalue weighted by Crippen LogP contribution is -2.36. The van der Waals surface area contributed by atoms with Gasteiger partial charge in [-0.15, -0.1) is 0 Å². The lowest BCUT2D eigenvalue weighted by molar-refractivity contribution is 0.0576. The molecule has 0 amide bonds. The summed E-state index contributed by atoms with van der Waals surface area (Å²) >= 11 is 3.33. The van der Waals surface area contributed by atoms with Crippen molar-refractivity contribution >= 4 is 15.9 Å². The first-order valence-corrected chi connectivity index (χ1v) is 6.15. The van der Waals surface area contributed by atoms with Gasteiger partial charge in [0.2, 0.25) is 0 Å². The van der Waals surface area contributed by atoms with E-state index in [1.165, 1.54) is 12.1 Å². The standard InChI is InChI=1S/C12H17BrFNO/c1-3-16-8(2)12(15)6-9-4-5-10(14)7-11(9)13/h4-5,7-8,12H,3,6,15H2,1-2H3. The molecule has 0 saturated heterocycles. The monoisotopic (exact) mass is 289 g/mol. The topological polar surface area (TPSA) is 35.2 Å². The van der Waals surface area contributed by atoms with Crippen LogP contribution >= 0.6 is 15.9 Å². The van der Waals surface area contributed by atoms with Gasteiger partial charge in [0.15, 0.2) is 0 Å². The molecule has 0 heterocycles. The molecule has 2 N–H and O–H groups in total. The number of rotatable bonds is 5. The van der Waals surface area contributed by atoms with Gasteiger partial charge in [-0.1, -0.05) is 22.0 Å². The Labute approximate surface area is 104 Å². The van der Waals surface area contributed by atoms with E-state index in [2.05, 4.69) is 15.9 Å². The number of hydrogen-bond donors (Lipinski definition) is 1. The molecule has 0 radical (unpaired) electrons. The molecule has 2 atom stereocenters. The molecule has 16 heavy (non-hydrogen) atoms. The quantitative estimate of drug-likeness (QED) is 0.905. The van der Waals surface area contributed by atoms with Gasteiger partial charge in [-0.3, -0.25) is 0 Å². The fraction of sp³-hybridized carbons (Fsp3) is 0.500.